The van der Waals surface area contributed by atoms with E-state index in [1.165, 1.54) is 29.6 Å². The first kappa shape index (κ1) is 14.0. The lowest BCUT2D eigenvalue weighted by Gasteiger charge is -2.11. The Kier molecular flexibility index (Phi) is 3.70. The van der Waals surface area contributed by atoms with E-state index in [1.54, 1.807) is 0 Å². The van der Waals surface area contributed by atoms with Crippen molar-refractivity contribution < 1.29 is 9.90 Å². The number of aliphatic hydroxyl groups is 1. The van der Waals surface area contributed by atoms with E-state index in [-0.39, 0.29) is 24.3 Å². The van der Waals surface area contributed by atoms with Crippen molar-refractivity contribution in [3.63, 3.8) is 0 Å². The number of aromatic nitrogens is 4. The first-order valence-corrected chi connectivity index (χ1v) is 5.93. The number of carbonyl (C=O) groups is 1. The Balaban J connectivity index is 2.49. The van der Waals surface area contributed by atoms with Crippen LogP contribution in [0, 0.1) is 0 Å². The minimum atomic E-state index is -0.862. The average Bonchev–Trinajstić information content (AvgIpc) is 2.84. The smallest absolute Gasteiger partial charge is 0.332 e. The summed E-state index contributed by atoms with van der Waals surface area (Å²) in [6, 6.07) is 0. The fraction of sp³-hybridized carbons (Fsp3) is 0.455. The maximum absolute atomic E-state index is 12.1. The van der Waals surface area contributed by atoms with Crippen molar-refractivity contribution in [2.75, 3.05) is 6.54 Å². The number of carbonyl (C=O) groups excluding carboxylic acids is 1. The molecule has 2 heterocycles. The number of hydrogen-bond donors (Lipinski definition) is 2. The lowest BCUT2D eigenvalue weighted by atomic mass is 10.3. The Morgan fingerprint density at radius 3 is 2.75 bits per heavy atom. The van der Waals surface area contributed by atoms with Crippen LogP contribution in [-0.2, 0) is 25.4 Å². The van der Waals surface area contributed by atoms with Gasteiger partial charge < -0.3 is 15.0 Å². The van der Waals surface area contributed by atoms with Crippen LogP contribution < -0.4 is 16.6 Å². The number of aliphatic hydroxyl groups excluding tert-OH is 1. The molecule has 0 aliphatic heterocycles. The summed E-state index contributed by atoms with van der Waals surface area (Å²) in [7, 11) is 2.90. The van der Waals surface area contributed by atoms with Crippen molar-refractivity contribution in [2.45, 2.75) is 12.6 Å². The Morgan fingerprint density at radius 1 is 1.40 bits per heavy atom. The summed E-state index contributed by atoms with van der Waals surface area (Å²) < 4.78 is 3.72. The van der Waals surface area contributed by atoms with Gasteiger partial charge in [-0.25, -0.2) is 9.78 Å². The molecule has 9 heteroatoms. The van der Waals surface area contributed by atoms with Gasteiger partial charge in [0.1, 0.15) is 0 Å². The van der Waals surface area contributed by atoms with Crippen LogP contribution in [0.3, 0.4) is 0 Å². The third kappa shape index (κ3) is 2.23. The third-order valence-electron chi connectivity index (χ3n) is 3.06. The molecule has 2 aromatic rings. The van der Waals surface area contributed by atoms with E-state index in [4.69, 9.17) is 0 Å². The fourth-order valence-corrected chi connectivity index (χ4v) is 2.01. The lowest BCUT2D eigenvalue weighted by molar-refractivity contribution is -0.110. The molecule has 0 saturated heterocycles. The number of hydrogen-bond acceptors (Lipinski definition) is 5. The molecule has 2 aromatic heterocycles. The highest BCUT2D eigenvalue weighted by atomic mass is 16.3. The zero-order valence-corrected chi connectivity index (χ0v) is 11.1. The van der Waals surface area contributed by atoms with E-state index in [0.717, 1.165) is 4.57 Å². The molecule has 0 spiro atoms. The van der Waals surface area contributed by atoms with Crippen molar-refractivity contribution in [3.05, 3.63) is 27.2 Å². The summed E-state index contributed by atoms with van der Waals surface area (Å²) in [5.74, 6) is 0. The van der Waals surface area contributed by atoms with E-state index in [0.29, 0.717) is 6.41 Å². The van der Waals surface area contributed by atoms with Crippen LogP contribution in [0.25, 0.3) is 11.2 Å². The number of nitrogens with zero attached hydrogens (tertiary/aromatic N) is 4. The van der Waals surface area contributed by atoms with Crippen molar-refractivity contribution >= 4 is 17.6 Å². The van der Waals surface area contributed by atoms with Crippen LogP contribution in [0.1, 0.15) is 0 Å². The predicted octanol–water partition coefficient (Wildman–Crippen LogP) is -2.46. The van der Waals surface area contributed by atoms with E-state index < -0.39 is 17.4 Å². The molecule has 1 amide bonds. The van der Waals surface area contributed by atoms with Crippen LogP contribution in [0.15, 0.2) is 15.9 Å². The van der Waals surface area contributed by atoms with Gasteiger partial charge in [-0.3, -0.25) is 18.7 Å². The molecule has 1 atom stereocenters. The topological polar surface area (TPSA) is 111 Å². The monoisotopic (exact) mass is 281 g/mol. The van der Waals surface area contributed by atoms with Gasteiger partial charge >= 0.3 is 5.69 Å². The van der Waals surface area contributed by atoms with Crippen LogP contribution in [0.4, 0.5) is 0 Å². The van der Waals surface area contributed by atoms with E-state index in [2.05, 4.69) is 10.3 Å². The van der Waals surface area contributed by atoms with Gasteiger partial charge in [0.25, 0.3) is 5.56 Å². The molecule has 0 bridgehead atoms. The Labute approximate surface area is 113 Å². The Hall–Kier alpha value is -2.42. The molecule has 0 aliphatic rings. The molecule has 108 valence electrons. The highest BCUT2D eigenvalue weighted by Gasteiger charge is 2.15. The minimum absolute atomic E-state index is 0.0647. The van der Waals surface area contributed by atoms with E-state index in [9.17, 15) is 19.5 Å². The van der Waals surface area contributed by atoms with Gasteiger partial charge in [0.15, 0.2) is 11.2 Å². The van der Waals surface area contributed by atoms with Gasteiger partial charge in [-0.15, -0.1) is 0 Å². The predicted molar refractivity (Wildman–Crippen MR) is 70.3 cm³/mol. The number of aryl methyl sites for hydroxylation is 1. The standard InChI is InChI=1S/C11H15N5O4/c1-14-9-8(10(19)15(2)11(14)20)16(5-13-9)4-7(18)3-12-6-17/h5-7,18H,3-4H2,1-2H3,(H,12,17)/t7-/m0/s1. The summed E-state index contributed by atoms with van der Waals surface area (Å²) in [5, 5.41) is 12.1. The second-order valence-corrected chi connectivity index (χ2v) is 4.45. The zero-order chi connectivity index (χ0) is 14.9. The van der Waals surface area contributed by atoms with E-state index >= 15 is 0 Å². The molecule has 2 rings (SSSR count). The summed E-state index contributed by atoms with van der Waals surface area (Å²) in [6.07, 6.45) is 1.01. The third-order valence-corrected chi connectivity index (χ3v) is 3.06. The fourth-order valence-electron chi connectivity index (χ4n) is 2.01. The highest BCUT2D eigenvalue weighted by molar-refractivity contribution is 5.69. The van der Waals surface area contributed by atoms with Crippen molar-refractivity contribution in [1.82, 2.24) is 24.0 Å². The molecular weight excluding hydrogens is 266 g/mol. The molecule has 0 unspecified atom stereocenters. The van der Waals surface area contributed by atoms with Crippen molar-refractivity contribution in [3.8, 4) is 0 Å². The largest absolute Gasteiger partial charge is 0.389 e. The van der Waals surface area contributed by atoms with Gasteiger partial charge in [0.2, 0.25) is 6.41 Å². The zero-order valence-electron chi connectivity index (χ0n) is 11.1. The first-order chi connectivity index (χ1) is 9.47. The molecule has 0 aliphatic carbocycles. The Bertz CT molecular complexity index is 756. The molecule has 0 saturated carbocycles. The maximum atomic E-state index is 12.1. The summed E-state index contributed by atoms with van der Waals surface area (Å²) in [4.78, 5) is 38.1. The van der Waals surface area contributed by atoms with Gasteiger partial charge in [-0.1, -0.05) is 0 Å². The number of rotatable bonds is 5. The summed E-state index contributed by atoms with van der Waals surface area (Å²) >= 11 is 0. The van der Waals surface area contributed by atoms with Crippen LogP contribution in [0.5, 0.6) is 0 Å². The number of fused-ring (bicyclic) bond motifs is 1. The van der Waals surface area contributed by atoms with Crippen LogP contribution in [0.2, 0.25) is 0 Å². The normalized spacial score (nSPS) is 12.6. The lowest BCUT2D eigenvalue weighted by Crippen LogP contribution is -2.38. The second-order valence-electron chi connectivity index (χ2n) is 4.45. The number of imidazole rings is 1. The minimum Gasteiger partial charge on any atom is -0.389 e. The SMILES string of the molecule is Cn1c(=O)c2c(ncn2C[C@@H](O)CNC=O)n(C)c1=O. The number of amides is 1. The molecule has 2 N–H and O–H groups in total. The van der Waals surface area contributed by atoms with Crippen LogP contribution in [-0.4, -0.2) is 42.9 Å². The van der Waals surface area contributed by atoms with Gasteiger partial charge in [-0.2, -0.15) is 0 Å². The molecule has 20 heavy (non-hydrogen) atoms. The molecule has 9 nitrogen and oxygen atoms in total. The van der Waals surface area contributed by atoms with Crippen molar-refractivity contribution in [2.24, 2.45) is 14.1 Å². The quantitative estimate of drug-likeness (QED) is 0.590. The number of nitrogens with one attached hydrogen (secondary N) is 1. The molecule has 0 aromatic carbocycles. The highest BCUT2D eigenvalue weighted by Crippen LogP contribution is 2.06. The van der Waals surface area contributed by atoms with Gasteiger partial charge in [-0.05, 0) is 0 Å². The molecule has 0 radical (unpaired) electrons. The first-order valence-electron chi connectivity index (χ1n) is 5.93. The van der Waals surface area contributed by atoms with E-state index in [1.807, 2.05) is 0 Å². The molecular formula is C11H15N5O4. The van der Waals surface area contributed by atoms with Gasteiger partial charge in [0, 0.05) is 20.6 Å². The maximum Gasteiger partial charge on any atom is 0.332 e. The average molecular weight is 281 g/mol. The van der Waals surface area contributed by atoms with Crippen molar-refractivity contribution in [1.29, 1.82) is 0 Å². The second kappa shape index (κ2) is 5.29. The Morgan fingerprint density at radius 2 is 2.10 bits per heavy atom. The molecule has 0 fully saturated rings. The summed E-state index contributed by atoms with van der Waals surface area (Å²) in [5.41, 5.74) is -0.444. The van der Waals surface area contributed by atoms with Gasteiger partial charge in [0.05, 0.1) is 19.0 Å². The van der Waals surface area contributed by atoms with Crippen LogP contribution >= 0.6 is 0 Å². The summed E-state index contributed by atoms with van der Waals surface area (Å²) in [6.45, 7) is 0.153.